The molecule has 1 N–H and O–H groups in total. The summed E-state index contributed by atoms with van der Waals surface area (Å²) in [7, 11) is 0. The van der Waals surface area contributed by atoms with Crippen LogP contribution >= 0.6 is 23.1 Å². The molecule has 0 aliphatic heterocycles. The molecule has 0 fully saturated rings. The van der Waals surface area contributed by atoms with E-state index in [-0.39, 0.29) is 11.3 Å². The molecule has 6 heteroatoms. The molecule has 1 aromatic heterocycles. The van der Waals surface area contributed by atoms with E-state index in [1.807, 2.05) is 20.8 Å². The van der Waals surface area contributed by atoms with Crippen LogP contribution in [0.4, 0.5) is 0 Å². The number of rotatable bonds is 5. The van der Waals surface area contributed by atoms with Gasteiger partial charge in [0.05, 0.1) is 11.1 Å². The van der Waals surface area contributed by atoms with E-state index in [1.54, 1.807) is 0 Å². The SMILES string of the molecule is CCc1nnsc1C(=O)NCC(Cl)C(C)C. The van der Waals surface area contributed by atoms with Crippen LogP contribution in [0, 0.1) is 5.92 Å². The summed E-state index contributed by atoms with van der Waals surface area (Å²) in [5, 5.41) is 6.65. The molecule has 1 atom stereocenters. The number of carbonyl (C=O) groups excluding carboxylic acids is 1. The molecule has 0 saturated carbocycles. The Morgan fingerprint density at radius 1 is 1.56 bits per heavy atom. The highest BCUT2D eigenvalue weighted by atomic mass is 35.5. The number of hydrogen-bond donors (Lipinski definition) is 1. The Bertz CT molecular complexity index is 354. The van der Waals surface area contributed by atoms with Gasteiger partial charge in [-0.1, -0.05) is 25.3 Å². The number of alkyl halides is 1. The van der Waals surface area contributed by atoms with Gasteiger partial charge < -0.3 is 5.32 Å². The summed E-state index contributed by atoms with van der Waals surface area (Å²) in [5.74, 6) is 0.213. The summed E-state index contributed by atoms with van der Waals surface area (Å²) in [6, 6.07) is 0. The van der Waals surface area contributed by atoms with E-state index in [0.717, 1.165) is 17.2 Å². The zero-order valence-corrected chi connectivity index (χ0v) is 11.2. The molecule has 1 amide bonds. The fourth-order valence-electron chi connectivity index (χ4n) is 1.12. The van der Waals surface area contributed by atoms with Gasteiger partial charge in [0.1, 0.15) is 4.88 Å². The van der Waals surface area contributed by atoms with Gasteiger partial charge in [-0.25, -0.2) is 0 Å². The van der Waals surface area contributed by atoms with Crippen molar-refractivity contribution in [2.45, 2.75) is 32.6 Å². The summed E-state index contributed by atoms with van der Waals surface area (Å²) in [6.45, 7) is 6.47. The first-order valence-electron chi connectivity index (χ1n) is 5.29. The Morgan fingerprint density at radius 3 is 2.81 bits per heavy atom. The molecule has 0 radical (unpaired) electrons. The van der Waals surface area contributed by atoms with Gasteiger partial charge in [0.25, 0.3) is 5.91 Å². The van der Waals surface area contributed by atoms with Crippen LogP contribution in [-0.4, -0.2) is 27.4 Å². The van der Waals surface area contributed by atoms with Crippen molar-refractivity contribution >= 4 is 29.0 Å². The maximum absolute atomic E-state index is 11.8. The molecular weight excluding hydrogens is 246 g/mol. The summed E-state index contributed by atoms with van der Waals surface area (Å²) in [6.07, 6.45) is 0.716. The predicted octanol–water partition coefficient (Wildman–Crippen LogP) is 2.09. The van der Waals surface area contributed by atoms with E-state index in [9.17, 15) is 4.79 Å². The van der Waals surface area contributed by atoms with E-state index < -0.39 is 0 Å². The van der Waals surface area contributed by atoms with E-state index in [1.165, 1.54) is 0 Å². The minimum Gasteiger partial charge on any atom is -0.350 e. The van der Waals surface area contributed by atoms with Crippen LogP contribution in [0.15, 0.2) is 0 Å². The molecule has 1 heterocycles. The van der Waals surface area contributed by atoms with Crippen molar-refractivity contribution < 1.29 is 4.79 Å². The second-order valence-corrected chi connectivity index (χ2v) is 5.19. The molecule has 90 valence electrons. The largest absolute Gasteiger partial charge is 0.350 e. The van der Waals surface area contributed by atoms with Gasteiger partial charge in [-0.05, 0) is 23.9 Å². The van der Waals surface area contributed by atoms with Gasteiger partial charge in [-0.15, -0.1) is 16.7 Å². The van der Waals surface area contributed by atoms with Crippen molar-refractivity contribution in [3.63, 3.8) is 0 Å². The molecule has 0 bridgehead atoms. The Balaban J connectivity index is 2.53. The van der Waals surface area contributed by atoms with Crippen LogP contribution in [-0.2, 0) is 6.42 Å². The van der Waals surface area contributed by atoms with Gasteiger partial charge >= 0.3 is 0 Å². The Kier molecular flexibility index (Phi) is 5.15. The first kappa shape index (κ1) is 13.4. The third-order valence-electron chi connectivity index (χ3n) is 2.28. The average molecular weight is 262 g/mol. The average Bonchev–Trinajstić information content (AvgIpc) is 2.73. The van der Waals surface area contributed by atoms with Gasteiger partial charge in [0, 0.05) is 6.54 Å². The number of nitrogens with one attached hydrogen (secondary N) is 1. The van der Waals surface area contributed by atoms with Crippen LogP contribution in [0.25, 0.3) is 0 Å². The van der Waals surface area contributed by atoms with Crippen LogP contribution < -0.4 is 5.32 Å². The summed E-state index contributed by atoms with van der Waals surface area (Å²) in [5.41, 5.74) is 0.748. The topological polar surface area (TPSA) is 54.9 Å². The lowest BCUT2D eigenvalue weighted by atomic mass is 10.1. The molecule has 1 rings (SSSR count). The second-order valence-electron chi connectivity index (χ2n) is 3.87. The van der Waals surface area contributed by atoms with E-state index >= 15 is 0 Å². The highest BCUT2D eigenvalue weighted by molar-refractivity contribution is 7.08. The fourth-order valence-corrected chi connectivity index (χ4v) is 1.86. The van der Waals surface area contributed by atoms with Crippen molar-refractivity contribution in [2.75, 3.05) is 6.54 Å². The number of carbonyl (C=O) groups is 1. The third-order valence-corrected chi connectivity index (χ3v) is 3.70. The van der Waals surface area contributed by atoms with Crippen LogP contribution in [0.3, 0.4) is 0 Å². The summed E-state index contributed by atoms with van der Waals surface area (Å²) >= 11 is 7.18. The van der Waals surface area contributed by atoms with Crippen molar-refractivity contribution in [3.8, 4) is 0 Å². The van der Waals surface area contributed by atoms with Crippen molar-refractivity contribution in [1.82, 2.24) is 14.9 Å². The number of aryl methyl sites for hydroxylation is 1. The number of hydrogen-bond acceptors (Lipinski definition) is 4. The molecular formula is C10H16ClN3OS. The first-order chi connectivity index (χ1) is 7.56. The molecule has 4 nitrogen and oxygen atoms in total. The third kappa shape index (κ3) is 3.42. The van der Waals surface area contributed by atoms with Crippen molar-refractivity contribution in [2.24, 2.45) is 5.92 Å². The Hall–Kier alpha value is -0.680. The number of nitrogens with zero attached hydrogens (tertiary/aromatic N) is 2. The lowest BCUT2D eigenvalue weighted by molar-refractivity contribution is 0.0955. The molecule has 0 aromatic carbocycles. The molecule has 16 heavy (non-hydrogen) atoms. The molecule has 0 spiro atoms. The minimum absolute atomic E-state index is 0.0464. The molecule has 1 aromatic rings. The minimum atomic E-state index is -0.127. The smallest absolute Gasteiger partial charge is 0.265 e. The lowest BCUT2D eigenvalue weighted by Gasteiger charge is -2.13. The highest BCUT2D eigenvalue weighted by Crippen LogP contribution is 2.12. The molecule has 1 unspecified atom stereocenters. The zero-order valence-electron chi connectivity index (χ0n) is 9.66. The number of aromatic nitrogens is 2. The summed E-state index contributed by atoms with van der Waals surface area (Å²) in [4.78, 5) is 12.4. The molecule has 0 aliphatic carbocycles. The van der Waals surface area contributed by atoms with Crippen molar-refractivity contribution in [1.29, 1.82) is 0 Å². The second kappa shape index (κ2) is 6.15. The Labute approximate surface area is 105 Å². The fraction of sp³-hybridized carbons (Fsp3) is 0.700. The normalized spacial score (nSPS) is 12.8. The standard InChI is InChI=1S/C10H16ClN3OS/c1-4-8-9(16-14-13-8)10(15)12-5-7(11)6(2)3/h6-7H,4-5H2,1-3H3,(H,12,15). The van der Waals surface area contributed by atoms with E-state index in [2.05, 4.69) is 14.9 Å². The number of halogens is 1. The van der Waals surface area contributed by atoms with Gasteiger partial charge in [-0.2, -0.15) is 0 Å². The quantitative estimate of drug-likeness (QED) is 0.826. The highest BCUT2D eigenvalue weighted by Gasteiger charge is 2.16. The maximum atomic E-state index is 11.8. The van der Waals surface area contributed by atoms with Crippen molar-refractivity contribution in [3.05, 3.63) is 10.6 Å². The van der Waals surface area contributed by atoms with E-state index in [0.29, 0.717) is 23.8 Å². The molecule has 0 aliphatic rings. The van der Waals surface area contributed by atoms with Gasteiger partial charge in [0.15, 0.2) is 0 Å². The number of amides is 1. The first-order valence-corrected chi connectivity index (χ1v) is 6.50. The zero-order chi connectivity index (χ0) is 12.1. The van der Waals surface area contributed by atoms with Gasteiger partial charge in [0.2, 0.25) is 0 Å². The van der Waals surface area contributed by atoms with Crippen LogP contribution in [0.1, 0.15) is 36.1 Å². The lowest BCUT2D eigenvalue weighted by Crippen LogP contribution is -2.32. The van der Waals surface area contributed by atoms with Crippen LogP contribution in [0.5, 0.6) is 0 Å². The monoisotopic (exact) mass is 261 g/mol. The maximum Gasteiger partial charge on any atom is 0.265 e. The Morgan fingerprint density at radius 2 is 2.25 bits per heavy atom. The summed E-state index contributed by atoms with van der Waals surface area (Å²) < 4.78 is 3.77. The van der Waals surface area contributed by atoms with E-state index in [4.69, 9.17) is 11.6 Å². The molecule has 0 saturated heterocycles. The van der Waals surface area contributed by atoms with Crippen LogP contribution in [0.2, 0.25) is 0 Å². The predicted molar refractivity (Wildman–Crippen MR) is 66.1 cm³/mol. The van der Waals surface area contributed by atoms with Gasteiger partial charge in [-0.3, -0.25) is 4.79 Å².